The molecule has 0 radical (unpaired) electrons. The third-order valence-electron chi connectivity index (χ3n) is 3.59. The molecule has 2 rings (SSSR count). The molecule has 0 bridgehead atoms. The first kappa shape index (κ1) is 14.8. The molecule has 19 heavy (non-hydrogen) atoms. The van der Waals surface area contributed by atoms with E-state index in [0.29, 0.717) is 15.5 Å². The second-order valence-electron chi connectivity index (χ2n) is 5.31. The van der Waals surface area contributed by atoms with Crippen LogP contribution in [0.1, 0.15) is 26.7 Å². The highest BCUT2D eigenvalue weighted by molar-refractivity contribution is 14.1. The molecule has 0 saturated carbocycles. The summed E-state index contributed by atoms with van der Waals surface area (Å²) in [5, 5.41) is 3.39. The van der Waals surface area contributed by atoms with Gasteiger partial charge in [-0.05, 0) is 68.3 Å². The standard InChI is InChI=1S/C13H21IN4O/c1-9(2)18(7-10-3-5-15-6-4-10)12-11(14)13(19)17-8-16-12/h8-10,15H,3-7H2,1-2H3,(H,16,17,19). The lowest BCUT2D eigenvalue weighted by Gasteiger charge is -2.34. The fourth-order valence-corrected chi connectivity index (χ4v) is 3.06. The van der Waals surface area contributed by atoms with Crippen LogP contribution in [0.25, 0.3) is 0 Å². The molecule has 1 fully saturated rings. The van der Waals surface area contributed by atoms with Crippen LogP contribution in [0, 0.1) is 9.49 Å². The van der Waals surface area contributed by atoms with Gasteiger partial charge in [-0.25, -0.2) is 4.98 Å². The van der Waals surface area contributed by atoms with Crippen LogP contribution < -0.4 is 15.8 Å². The summed E-state index contributed by atoms with van der Waals surface area (Å²) < 4.78 is 0.683. The van der Waals surface area contributed by atoms with E-state index in [4.69, 9.17) is 0 Å². The fraction of sp³-hybridized carbons (Fsp3) is 0.692. The smallest absolute Gasteiger partial charge is 0.266 e. The number of rotatable bonds is 4. The lowest BCUT2D eigenvalue weighted by molar-refractivity contribution is 0.366. The minimum absolute atomic E-state index is 0.0541. The highest BCUT2D eigenvalue weighted by atomic mass is 127. The van der Waals surface area contributed by atoms with Gasteiger partial charge in [-0.1, -0.05) is 0 Å². The number of anilines is 1. The first-order valence-electron chi connectivity index (χ1n) is 6.80. The van der Waals surface area contributed by atoms with Gasteiger partial charge in [-0.2, -0.15) is 0 Å². The molecule has 0 amide bonds. The second kappa shape index (κ2) is 6.69. The molecule has 1 aliphatic rings. The van der Waals surface area contributed by atoms with Gasteiger partial charge in [0.25, 0.3) is 5.56 Å². The normalized spacial score (nSPS) is 16.8. The molecular formula is C13H21IN4O. The quantitative estimate of drug-likeness (QED) is 0.784. The van der Waals surface area contributed by atoms with E-state index < -0.39 is 0 Å². The van der Waals surface area contributed by atoms with Crippen molar-refractivity contribution in [2.45, 2.75) is 32.7 Å². The third-order valence-corrected chi connectivity index (χ3v) is 4.56. The average Bonchev–Trinajstić information content (AvgIpc) is 2.40. The summed E-state index contributed by atoms with van der Waals surface area (Å²) in [5.74, 6) is 1.50. The Balaban J connectivity index is 2.19. The van der Waals surface area contributed by atoms with Gasteiger partial charge in [-0.15, -0.1) is 0 Å². The fourth-order valence-electron chi connectivity index (χ4n) is 2.46. The molecule has 0 spiro atoms. The van der Waals surface area contributed by atoms with Gasteiger partial charge in [-0.3, -0.25) is 4.79 Å². The summed E-state index contributed by atoms with van der Waals surface area (Å²) in [4.78, 5) is 21.0. The van der Waals surface area contributed by atoms with Crippen molar-refractivity contribution in [3.05, 3.63) is 20.3 Å². The molecule has 106 valence electrons. The maximum absolute atomic E-state index is 11.7. The minimum Gasteiger partial charge on any atom is -0.353 e. The van der Waals surface area contributed by atoms with Gasteiger partial charge >= 0.3 is 0 Å². The number of piperidine rings is 1. The Hall–Kier alpha value is -0.630. The summed E-state index contributed by atoms with van der Waals surface area (Å²) in [6, 6.07) is 0.345. The van der Waals surface area contributed by atoms with Crippen LogP contribution >= 0.6 is 22.6 Å². The molecule has 0 atom stereocenters. The molecule has 0 aromatic carbocycles. The third kappa shape index (κ3) is 3.68. The number of aromatic nitrogens is 2. The van der Waals surface area contributed by atoms with Crippen molar-refractivity contribution in [2.75, 3.05) is 24.5 Å². The molecule has 1 aromatic rings. The van der Waals surface area contributed by atoms with E-state index in [1.807, 2.05) is 0 Å². The topological polar surface area (TPSA) is 61.0 Å². The van der Waals surface area contributed by atoms with Crippen LogP contribution in [-0.4, -0.2) is 35.6 Å². The van der Waals surface area contributed by atoms with Gasteiger partial charge in [0.05, 0.1) is 6.33 Å². The first-order valence-corrected chi connectivity index (χ1v) is 7.88. The predicted molar refractivity (Wildman–Crippen MR) is 85.7 cm³/mol. The molecular weight excluding hydrogens is 355 g/mol. The van der Waals surface area contributed by atoms with Crippen LogP contribution in [0.4, 0.5) is 5.82 Å². The zero-order chi connectivity index (χ0) is 13.8. The monoisotopic (exact) mass is 376 g/mol. The van der Waals surface area contributed by atoms with Crippen LogP contribution in [0.2, 0.25) is 0 Å². The zero-order valence-electron chi connectivity index (χ0n) is 11.4. The van der Waals surface area contributed by atoms with Crippen LogP contribution in [0.3, 0.4) is 0 Å². The van der Waals surface area contributed by atoms with Gasteiger partial charge in [0.2, 0.25) is 0 Å². The number of hydrogen-bond donors (Lipinski definition) is 2. The molecule has 0 aliphatic carbocycles. The number of aromatic amines is 1. The van der Waals surface area contributed by atoms with E-state index in [9.17, 15) is 4.79 Å². The Bertz CT molecular complexity index is 468. The molecule has 5 nitrogen and oxygen atoms in total. The average molecular weight is 376 g/mol. The van der Waals surface area contributed by atoms with Crippen molar-refractivity contribution in [1.29, 1.82) is 0 Å². The Morgan fingerprint density at radius 3 is 2.79 bits per heavy atom. The largest absolute Gasteiger partial charge is 0.353 e. The molecule has 1 aliphatic heterocycles. The number of hydrogen-bond acceptors (Lipinski definition) is 4. The van der Waals surface area contributed by atoms with Crippen molar-refractivity contribution in [3.8, 4) is 0 Å². The number of halogens is 1. The van der Waals surface area contributed by atoms with Crippen LogP contribution in [0.15, 0.2) is 11.1 Å². The SMILES string of the molecule is CC(C)N(CC1CCNCC1)c1nc[nH]c(=O)c1I. The van der Waals surface area contributed by atoms with Crippen molar-refractivity contribution in [1.82, 2.24) is 15.3 Å². The summed E-state index contributed by atoms with van der Waals surface area (Å²) in [6.07, 6.45) is 3.89. The van der Waals surface area contributed by atoms with E-state index >= 15 is 0 Å². The zero-order valence-corrected chi connectivity index (χ0v) is 13.6. The number of nitrogens with zero attached hydrogens (tertiary/aromatic N) is 2. The summed E-state index contributed by atoms with van der Waals surface area (Å²) >= 11 is 2.09. The van der Waals surface area contributed by atoms with Crippen molar-refractivity contribution in [3.63, 3.8) is 0 Å². The Kier molecular flexibility index (Phi) is 5.20. The van der Waals surface area contributed by atoms with E-state index in [2.05, 4.69) is 56.6 Å². The summed E-state index contributed by atoms with van der Waals surface area (Å²) in [7, 11) is 0. The molecule has 1 saturated heterocycles. The predicted octanol–water partition coefficient (Wildman–Crippen LogP) is 1.59. The maximum atomic E-state index is 11.7. The maximum Gasteiger partial charge on any atom is 0.266 e. The lowest BCUT2D eigenvalue weighted by Crippen LogP contribution is -2.41. The molecule has 2 heterocycles. The first-order chi connectivity index (χ1) is 9.09. The van der Waals surface area contributed by atoms with E-state index in [1.54, 1.807) is 0 Å². The van der Waals surface area contributed by atoms with Gasteiger partial charge in [0, 0.05) is 12.6 Å². The minimum atomic E-state index is -0.0541. The number of H-pyrrole nitrogens is 1. The van der Waals surface area contributed by atoms with E-state index in [-0.39, 0.29) is 5.56 Å². The Morgan fingerprint density at radius 2 is 2.16 bits per heavy atom. The lowest BCUT2D eigenvalue weighted by atomic mass is 9.97. The second-order valence-corrected chi connectivity index (χ2v) is 6.39. The van der Waals surface area contributed by atoms with Crippen LogP contribution in [-0.2, 0) is 0 Å². The van der Waals surface area contributed by atoms with E-state index in [1.165, 1.54) is 19.2 Å². The van der Waals surface area contributed by atoms with Crippen molar-refractivity contribution < 1.29 is 0 Å². The van der Waals surface area contributed by atoms with E-state index in [0.717, 1.165) is 25.5 Å². The highest BCUT2D eigenvalue weighted by Crippen LogP contribution is 2.22. The van der Waals surface area contributed by atoms with Crippen molar-refractivity contribution >= 4 is 28.4 Å². The number of nitrogens with one attached hydrogen (secondary N) is 2. The van der Waals surface area contributed by atoms with Crippen LogP contribution in [0.5, 0.6) is 0 Å². The van der Waals surface area contributed by atoms with Crippen molar-refractivity contribution in [2.24, 2.45) is 5.92 Å². The Morgan fingerprint density at radius 1 is 1.47 bits per heavy atom. The summed E-state index contributed by atoms with van der Waals surface area (Å²) in [6.45, 7) is 7.47. The molecule has 1 aromatic heterocycles. The summed E-state index contributed by atoms with van der Waals surface area (Å²) in [5.41, 5.74) is -0.0541. The van der Waals surface area contributed by atoms with Gasteiger partial charge in [0.1, 0.15) is 9.39 Å². The molecule has 6 heteroatoms. The molecule has 2 N–H and O–H groups in total. The Labute approximate surface area is 127 Å². The van der Waals surface area contributed by atoms with Gasteiger partial charge in [0.15, 0.2) is 0 Å². The highest BCUT2D eigenvalue weighted by Gasteiger charge is 2.22. The van der Waals surface area contributed by atoms with Gasteiger partial charge < -0.3 is 15.2 Å². The molecule has 0 unspecified atom stereocenters.